The summed E-state index contributed by atoms with van der Waals surface area (Å²) in [5.74, 6) is 0.479. The Kier molecular flexibility index (Phi) is 4.64. The van der Waals surface area contributed by atoms with Crippen LogP contribution in [-0.4, -0.2) is 36.9 Å². The first kappa shape index (κ1) is 17.9. The minimum atomic E-state index is -0.456. The summed E-state index contributed by atoms with van der Waals surface area (Å²) in [6.45, 7) is 1.06. The van der Waals surface area contributed by atoms with Gasteiger partial charge in [0, 0.05) is 43.7 Å². The van der Waals surface area contributed by atoms with E-state index in [-0.39, 0.29) is 17.2 Å². The van der Waals surface area contributed by atoms with E-state index < -0.39 is 5.69 Å². The smallest absolute Gasteiger partial charge is 0.329 e. The molecule has 0 radical (unpaired) electrons. The molecule has 1 aliphatic heterocycles. The van der Waals surface area contributed by atoms with Crippen molar-refractivity contribution in [3.8, 4) is 11.3 Å². The van der Waals surface area contributed by atoms with Crippen molar-refractivity contribution in [1.29, 1.82) is 0 Å². The predicted octanol–water partition coefficient (Wildman–Crippen LogP) is 0.361. The molecule has 1 atom stereocenters. The van der Waals surface area contributed by atoms with E-state index >= 15 is 0 Å². The van der Waals surface area contributed by atoms with E-state index in [1.807, 2.05) is 17.0 Å². The normalized spacial score (nSPS) is 16.5. The van der Waals surface area contributed by atoms with Gasteiger partial charge in [0.2, 0.25) is 0 Å². The number of nitrogens with one attached hydrogen (secondary N) is 1. The zero-order chi connectivity index (χ0) is 19.7. The Balaban J connectivity index is 1.64. The molecular weight excluding hydrogens is 360 g/mol. The summed E-state index contributed by atoms with van der Waals surface area (Å²) in [4.78, 5) is 45.1. The van der Waals surface area contributed by atoms with Crippen LogP contribution in [0.5, 0.6) is 0 Å². The average molecular weight is 380 g/mol. The second-order valence-corrected chi connectivity index (χ2v) is 6.83. The molecule has 3 aromatic heterocycles. The van der Waals surface area contributed by atoms with Crippen LogP contribution in [0.4, 0.5) is 5.82 Å². The molecule has 0 bridgehead atoms. The molecule has 4 rings (SSSR count). The van der Waals surface area contributed by atoms with E-state index in [2.05, 4.69) is 15.1 Å². The van der Waals surface area contributed by atoms with Crippen LogP contribution in [0, 0.1) is 0 Å². The van der Waals surface area contributed by atoms with Crippen molar-refractivity contribution in [3.05, 3.63) is 73.9 Å². The van der Waals surface area contributed by atoms with Gasteiger partial charge in [-0.15, -0.1) is 0 Å². The highest BCUT2D eigenvalue weighted by Crippen LogP contribution is 2.23. The lowest BCUT2D eigenvalue weighted by atomic mass is 10.2. The first-order chi connectivity index (χ1) is 13.5. The number of hydrogen-bond donors (Lipinski definition) is 1. The molecule has 1 N–H and O–H groups in total. The maximum Gasteiger partial charge on any atom is 0.329 e. The third-order valence-corrected chi connectivity index (χ3v) is 5.02. The predicted molar refractivity (Wildman–Crippen MR) is 104 cm³/mol. The molecule has 0 saturated carbocycles. The largest absolute Gasteiger partial charge is 0.353 e. The maximum absolute atomic E-state index is 12.3. The summed E-state index contributed by atoms with van der Waals surface area (Å²) >= 11 is 0. The highest BCUT2D eigenvalue weighted by molar-refractivity contribution is 5.56. The Morgan fingerprint density at radius 2 is 2.04 bits per heavy atom. The van der Waals surface area contributed by atoms with Crippen molar-refractivity contribution in [1.82, 2.24) is 24.3 Å². The van der Waals surface area contributed by atoms with Gasteiger partial charge >= 0.3 is 5.69 Å². The molecule has 9 nitrogen and oxygen atoms in total. The molecule has 0 amide bonds. The highest BCUT2D eigenvalue weighted by Gasteiger charge is 2.27. The number of rotatable bonds is 4. The van der Waals surface area contributed by atoms with E-state index in [9.17, 15) is 14.4 Å². The second kappa shape index (κ2) is 7.26. The average Bonchev–Trinajstić information content (AvgIpc) is 3.16. The quantitative estimate of drug-likeness (QED) is 0.701. The van der Waals surface area contributed by atoms with Crippen molar-refractivity contribution < 1.29 is 0 Å². The van der Waals surface area contributed by atoms with Gasteiger partial charge < -0.3 is 4.90 Å². The van der Waals surface area contributed by atoms with E-state index in [1.54, 1.807) is 18.5 Å². The monoisotopic (exact) mass is 380 g/mol. The molecule has 1 saturated heterocycles. The van der Waals surface area contributed by atoms with E-state index in [1.165, 1.54) is 23.9 Å². The molecule has 0 aliphatic carbocycles. The molecule has 28 heavy (non-hydrogen) atoms. The lowest BCUT2D eigenvalue weighted by Crippen LogP contribution is -2.40. The first-order valence-corrected chi connectivity index (χ1v) is 9.08. The van der Waals surface area contributed by atoms with Gasteiger partial charge in [0.15, 0.2) is 0 Å². The molecule has 4 heterocycles. The molecule has 1 fully saturated rings. The number of aromatic nitrogens is 5. The van der Waals surface area contributed by atoms with Crippen molar-refractivity contribution in [2.45, 2.75) is 25.4 Å². The third kappa shape index (κ3) is 3.38. The van der Waals surface area contributed by atoms with Gasteiger partial charge in [-0.1, -0.05) is 0 Å². The number of aromatic amines is 1. The standard InChI is InChI=1S/C19H20N6O3/c1-23-18(27)10-16(21-19(23)28)24-9-3-5-14(24)12-25-17(26)7-6-15(22-25)13-4-2-8-20-11-13/h2,4,6-8,10-11,14H,3,5,9,12H2,1H3,(H,21,28). The number of pyridine rings is 1. The Hall–Kier alpha value is -3.49. The molecule has 3 aromatic rings. The van der Waals surface area contributed by atoms with Crippen LogP contribution in [0.3, 0.4) is 0 Å². The fourth-order valence-electron chi connectivity index (χ4n) is 3.49. The van der Waals surface area contributed by atoms with Gasteiger partial charge in [-0.25, -0.2) is 9.48 Å². The van der Waals surface area contributed by atoms with Crippen LogP contribution in [0.25, 0.3) is 11.3 Å². The number of H-pyrrole nitrogens is 1. The minimum absolute atomic E-state index is 0.0443. The van der Waals surface area contributed by atoms with Crippen LogP contribution in [0.1, 0.15) is 12.8 Å². The minimum Gasteiger partial charge on any atom is -0.353 e. The second-order valence-electron chi connectivity index (χ2n) is 6.83. The molecule has 0 spiro atoms. The van der Waals surface area contributed by atoms with Gasteiger partial charge in [0.05, 0.1) is 18.3 Å². The SMILES string of the molecule is Cn1c(=O)cc(N2CCCC2Cn2nc(-c3cccnc3)ccc2=O)[nH]c1=O. The molecule has 1 aliphatic rings. The fraction of sp³-hybridized carbons (Fsp3) is 0.316. The van der Waals surface area contributed by atoms with Crippen molar-refractivity contribution in [2.24, 2.45) is 7.05 Å². The molecule has 0 aromatic carbocycles. The Labute approximate surface area is 159 Å². The molecule has 1 unspecified atom stereocenters. The van der Waals surface area contributed by atoms with Crippen molar-refractivity contribution in [2.75, 3.05) is 11.4 Å². The van der Waals surface area contributed by atoms with Gasteiger partial charge in [-0.2, -0.15) is 5.10 Å². The van der Waals surface area contributed by atoms with Crippen LogP contribution in [-0.2, 0) is 13.6 Å². The lowest BCUT2D eigenvalue weighted by Gasteiger charge is -2.26. The van der Waals surface area contributed by atoms with Crippen molar-refractivity contribution in [3.63, 3.8) is 0 Å². The summed E-state index contributed by atoms with van der Waals surface area (Å²) < 4.78 is 2.46. The number of hydrogen-bond acceptors (Lipinski definition) is 6. The molecule has 9 heteroatoms. The van der Waals surface area contributed by atoms with Crippen LogP contribution in [0.2, 0.25) is 0 Å². The summed E-state index contributed by atoms with van der Waals surface area (Å²) in [7, 11) is 1.43. The number of nitrogens with zero attached hydrogens (tertiary/aromatic N) is 5. The highest BCUT2D eigenvalue weighted by atomic mass is 16.2. The fourth-order valence-corrected chi connectivity index (χ4v) is 3.49. The lowest BCUT2D eigenvalue weighted by molar-refractivity contribution is 0.488. The van der Waals surface area contributed by atoms with Gasteiger partial charge in [0.25, 0.3) is 11.1 Å². The summed E-state index contributed by atoms with van der Waals surface area (Å²) in [6.07, 6.45) is 5.12. The third-order valence-electron chi connectivity index (χ3n) is 5.02. The molecule has 144 valence electrons. The summed E-state index contributed by atoms with van der Waals surface area (Å²) in [5, 5.41) is 4.48. The van der Waals surface area contributed by atoms with Crippen LogP contribution >= 0.6 is 0 Å². The molecular formula is C19H20N6O3. The van der Waals surface area contributed by atoms with E-state index in [0.717, 1.165) is 23.0 Å². The Morgan fingerprint density at radius 1 is 1.18 bits per heavy atom. The van der Waals surface area contributed by atoms with Gasteiger partial charge in [-0.05, 0) is 31.0 Å². The van der Waals surface area contributed by atoms with Crippen LogP contribution < -0.4 is 21.7 Å². The topological polar surface area (TPSA) is 106 Å². The van der Waals surface area contributed by atoms with E-state index in [0.29, 0.717) is 24.6 Å². The van der Waals surface area contributed by atoms with E-state index in [4.69, 9.17) is 0 Å². The van der Waals surface area contributed by atoms with Gasteiger partial charge in [0.1, 0.15) is 5.82 Å². The summed E-state index contributed by atoms with van der Waals surface area (Å²) in [6, 6.07) is 8.25. The van der Waals surface area contributed by atoms with Crippen molar-refractivity contribution >= 4 is 5.82 Å². The first-order valence-electron chi connectivity index (χ1n) is 9.08. The van der Waals surface area contributed by atoms with Gasteiger partial charge in [-0.3, -0.25) is 24.1 Å². The van der Waals surface area contributed by atoms with Crippen LogP contribution in [0.15, 0.2) is 57.1 Å². The zero-order valence-corrected chi connectivity index (χ0v) is 15.4. The summed E-state index contributed by atoms with van der Waals surface area (Å²) in [5.41, 5.74) is 0.479. The maximum atomic E-state index is 12.3. The zero-order valence-electron chi connectivity index (χ0n) is 15.4. The Bertz CT molecular complexity index is 1130. The number of anilines is 1. The Morgan fingerprint density at radius 3 is 2.79 bits per heavy atom.